The van der Waals surface area contributed by atoms with Crippen LogP contribution in [0.5, 0.6) is 0 Å². The van der Waals surface area contributed by atoms with Crippen molar-refractivity contribution in [3.63, 3.8) is 0 Å². The number of ether oxygens (including phenoxy) is 4. The number of nitrogens with zero attached hydrogens (tertiary/aromatic N) is 5. The third-order valence-corrected chi connectivity index (χ3v) is 35.6. The number of H-pyrrole nitrogens is 3. The average Bonchev–Trinajstić information content (AvgIpc) is 1.57. The molecule has 8 saturated carbocycles. The predicted molar refractivity (Wildman–Crippen MR) is 456 cm³/mol. The molecule has 0 radical (unpaired) electrons. The Morgan fingerprint density at radius 3 is 0.929 bits per heavy atom. The second-order valence-electron chi connectivity index (χ2n) is 34.7. The van der Waals surface area contributed by atoms with E-state index in [9.17, 15) is 85.7 Å². The minimum Gasteiger partial charge on any atom is -0.748 e. The Labute approximate surface area is 743 Å². The Balaban J connectivity index is 0.000000163. The highest BCUT2D eigenvalue weighted by Gasteiger charge is 2.68. The summed E-state index contributed by atoms with van der Waals surface area (Å²) in [6.45, 7) is 16.7. The van der Waals surface area contributed by atoms with Gasteiger partial charge in [0, 0.05) is 66.3 Å². The first kappa shape index (κ1) is 104. The summed E-state index contributed by atoms with van der Waals surface area (Å²) >= 11 is 5.62. The van der Waals surface area contributed by atoms with Crippen LogP contribution in [0.4, 0.5) is 23.3 Å². The molecule has 4 unspecified atom stereocenters. The molecule has 46 nitrogen and oxygen atoms in total. The molecule has 12 aliphatic rings. The SMILES string of the molecule is CC1(C)[C@H]2CC[C@]1(CS(=O)(=O)O)C(=O)C2.CC1(C)[C@H]2CC[C@]1(CS(=O)(=O)[O-])C(=O)C2.CC1(C)[C@H]2CC[C@]1(CS(=O)(=O)[O-])C(=O)C2.CC1(C)[C@H]2CC[C@]1(CS(=O)(=O)[O-])C(=O)C2.NNNc1cc[n+](C2COC(CO)S2)c(=O)[nH]1.NNNc1cc[n+]([C@@H]2CO[C@H](CO)S2)c(=O)[nH]1.NNNc1cc[n+]([C@H]2CO[C@@H](CO)S2)c(=O)[nH]1.Nc1ccn(C2COC(CO)S2)c(=O)n1. The van der Waals surface area contributed by atoms with E-state index in [1.807, 2.05) is 55.4 Å². The number of nitrogen functional groups attached to an aromatic ring is 1. The number of hydrogen-bond donors (Lipinski definition) is 18. The van der Waals surface area contributed by atoms with Gasteiger partial charge in [0.2, 0.25) is 17.5 Å². The number of ketones is 4. The van der Waals surface area contributed by atoms with Crippen molar-refractivity contribution in [1.29, 1.82) is 0 Å². The minimum atomic E-state index is -4.33. The largest absolute Gasteiger partial charge is 0.748 e. The van der Waals surface area contributed by atoms with Crippen molar-refractivity contribution in [3.8, 4) is 0 Å². The number of rotatable bonds is 22. The Kier molecular flexibility index (Phi) is 34.0. The van der Waals surface area contributed by atoms with E-state index in [2.05, 4.69) is 52.8 Å². The average molecular weight is 1940 g/mol. The first-order valence-electron chi connectivity index (χ1n) is 40.0. The number of hydrogen-bond acceptors (Lipinski definition) is 42. The number of carbonyl (C=O) groups is 4. The molecule has 8 heterocycles. The molecular weight excluding hydrogens is 1820 g/mol. The van der Waals surface area contributed by atoms with Gasteiger partial charge in [0.25, 0.3) is 10.1 Å². The van der Waals surface area contributed by atoms with Crippen molar-refractivity contribution >= 4 is 134 Å². The van der Waals surface area contributed by atoms with Crippen LogP contribution in [0.25, 0.3) is 0 Å². The molecular formula is C72H114N18O28S8. The van der Waals surface area contributed by atoms with Gasteiger partial charge in [-0.15, -0.1) is 11.8 Å². The molecule has 0 spiro atoms. The highest BCUT2D eigenvalue weighted by Crippen LogP contribution is 2.67. The van der Waals surface area contributed by atoms with Crippen molar-refractivity contribution in [2.75, 3.05) is 97.9 Å². The molecule has 54 heteroatoms. The van der Waals surface area contributed by atoms with Crippen LogP contribution < -0.4 is 92.6 Å². The zero-order valence-corrected chi connectivity index (χ0v) is 77.0. The van der Waals surface area contributed by atoms with Crippen molar-refractivity contribution in [2.45, 2.75) is 176 Å². The zero-order chi connectivity index (χ0) is 93.5. The molecule has 16 atom stereocenters. The van der Waals surface area contributed by atoms with E-state index >= 15 is 0 Å². The van der Waals surface area contributed by atoms with Gasteiger partial charge < -0.3 is 58.8 Å². The molecule has 4 aliphatic heterocycles. The zero-order valence-electron chi connectivity index (χ0n) is 70.5. The number of nitrogens with one attached hydrogen (secondary N) is 9. The molecule has 0 amide bonds. The van der Waals surface area contributed by atoms with Crippen LogP contribution in [0.15, 0.2) is 68.2 Å². The number of aromatic nitrogens is 8. The van der Waals surface area contributed by atoms with Gasteiger partial charge in [0.05, 0.1) is 112 Å². The second-order valence-corrected chi connectivity index (χ2v) is 45.7. The number of fused-ring (bicyclic) bond motifs is 8. The van der Waals surface area contributed by atoms with Gasteiger partial charge >= 0.3 is 22.8 Å². The lowest BCUT2D eigenvalue weighted by atomic mass is 9.70. The van der Waals surface area contributed by atoms with E-state index in [1.54, 1.807) is 49.1 Å². The second kappa shape index (κ2) is 41.3. The maximum absolute atomic E-state index is 11.9. The summed E-state index contributed by atoms with van der Waals surface area (Å²) in [7, 11) is -17.1. The van der Waals surface area contributed by atoms with Crippen LogP contribution in [0.3, 0.4) is 0 Å². The fourth-order valence-corrected chi connectivity index (χ4v) is 28.8. The molecule has 4 aromatic rings. The fraction of sp³-hybridized carbons (Fsp3) is 0.722. The van der Waals surface area contributed by atoms with E-state index in [0.29, 0.717) is 95.2 Å². The normalized spacial score (nSPS) is 31.1. The number of nitrogens with two attached hydrogens (primary N) is 4. The van der Waals surface area contributed by atoms with E-state index in [4.69, 9.17) is 67.2 Å². The number of aromatic amines is 3. The van der Waals surface area contributed by atoms with Crippen molar-refractivity contribution < 1.29 is 124 Å². The number of thioether (sulfide) groups is 4. The molecule has 8 aliphatic carbocycles. The smallest absolute Gasteiger partial charge is 0.498 e. The summed E-state index contributed by atoms with van der Waals surface area (Å²) in [4.78, 5) is 106. The van der Waals surface area contributed by atoms with E-state index in [1.165, 1.54) is 65.3 Å². The molecule has 4 aromatic heterocycles. The Morgan fingerprint density at radius 2 is 0.722 bits per heavy atom. The van der Waals surface area contributed by atoms with Gasteiger partial charge in [-0.2, -0.15) is 73.0 Å². The number of anilines is 4. The number of hydrazine groups is 6. The van der Waals surface area contributed by atoms with Gasteiger partial charge in [-0.25, -0.2) is 30.0 Å². The third kappa shape index (κ3) is 23.3. The summed E-state index contributed by atoms with van der Waals surface area (Å²) < 4.78 is 156. The summed E-state index contributed by atoms with van der Waals surface area (Å²) in [5.41, 5.74) is 12.7. The van der Waals surface area contributed by atoms with Crippen molar-refractivity contribution in [3.05, 3.63) is 91.0 Å². The maximum atomic E-state index is 11.9. The summed E-state index contributed by atoms with van der Waals surface area (Å²) in [5.74, 6) is 15.9. The molecule has 126 heavy (non-hydrogen) atoms. The van der Waals surface area contributed by atoms with Gasteiger partial charge in [-0.3, -0.25) is 62.1 Å². The summed E-state index contributed by atoms with van der Waals surface area (Å²) in [6, 6.07) is 6.59. The van der Waals surface area contributed by atoms with Crippen LogP contribution in [0.2, 0.25) is 0 Å². The molecule has 4 saturated heterocycles. The molecule has 22 N–H and O–H groups in total. The quantitative estimate of drug-likeness (QED) is 0.0168. The molecule has 16 rings (SSSR count). The molecule has 0 aromatic carbocycles. The van der Waals surface area contributed by atoms with Crippen LogP contribution in [-0.2, 0) is 78.6 Å². The van der Waals surface area contributed by atoms with Crippen LogP contribution in [-0.4, -0.2) is 218 Å². The Hall–Kier alpha value is -6.12. The van der Waals surface area contributed by atoms with Gasteiger partial charge in [-0.1, -0.05) is 90.7 Å². The van der Waals surface area contributed by atoms with Crippen molar-refractivity contribution in [2.24, 2.45) is 84.5 Å². The number of aliphatic hydroxyl groups is 4. The topological polar surface area (TPSA) is 733 Å². The monoisotopic (exact) mass is 1930 g/mol. The van der Waals surface area contributed by atoms with Crippen LogP contribution in [0, 0.1) is 67.0 Å². The van der Waals surface area contributed by atoms with E-state index in [0.717, 1.165) is 25.7 Å². The highest BCUT2D eigenvalue weighted by atomic mass is 32.2. The molecule has 12 fully saturated rings. The Bertz CT molecular complexity index is 4790. The third-order valence-electron chi connectivity index (χ3n) is 27.1. The van der Waals surface area contributed by atoms with Crippen molar-refractivity contribution in [1.82, 2.24) is 41.1 Å². The lowest BCUT2D eigenvalue weighted by Crippen LogP contribution is -2.54. The molecule has 8 bridgehead atoms. The first-order chi connectivity index (χ1) is 58.7. The van der Waals surface area contributed by atoms with E-state index < -0.39 is 90.8 Å². The van der Waals surface area contributed by atoms with Gasteiger partial charge in [0.15, 0.2) is 16.1 Å². The highest BCUT2D eigenvalue weighted by molar-refractivity contribution is 8.00. The number of Topliss-reactive ketones (excluding diaryl/α,β-unsaturated/α-hetero) is 4. The lowest BCUT2D eigenvalue weighted by Gasteiger charge is -2.37. The fourth-order valence-electron chi connectivity index (χ4n) is 19.5. The van der Waals surface area contributed by atoms with Crippen LogP contribution >= 0.6 is 47.0 Å². The summed E-state index contributed by atoms with van der Waals surface area (Å²) in [5, 5.41) is 35.2. The number of carbonyl (C=O) groups excluding carboxylic acids is 4. The lowest BCUT2D eigenvalue weighted by molar-refractivity contribution is -0.716. The summed E-state index contributed by atoms with van der Waals surface area (Å²) in [6.07, 6.45) is 14.1. The maximum Gasteiger partial charge on any atom is 0.498 e. The first-order valence-corrected chi connectivity index (χ1v) is 50.1. The van der Waals surface area contributed by atoms with E-state index in [-0.39, 0.29) is 161 Å². The predicted octanol–water partition coefficient (Wildman–Crippen LogP) is -2.44. The van der Waals surface area contributed by atoms with Gasteiger partial charge in [-0.05, 0) is 103 Å². The standard InChI is InChI=1S/4C10H16O4S.3C8H13N5O3S.C8H11N3O3S/c4*1-9(2)7-3-4-10(9,8(11)5-7)6-15(12,13)14;3*9-12-11-5-1-2-13(8(15)10-5)6-4-16-7(3-14)17-6;9-5-1-2-11(8(13)10-5)6-4-14-7(3-12)15-6/h4*7H,3-6H2,1-2H3,(H,12,13,14);3*1-2,6-7,12,14H,3-4,9H2,(H,10,11,15);1-2,6-7,12H,3-4H2,(H2,9,10,13)/t4*7-,10-;2*6-,7-;;/m000010../s1. The Morgan fingerprint density at radius 1 is 0.452 bits per heavy atom. The van der Waals surface area contributed by atoms with Gasteiger partial charge in [0.1, 0.15) is 74.7 Å². The minimum absolute atomic E-state index is 0.0152. The number of aliphatic hydroxyl groups excluding tert-OH is 4. The van der Waals surface area contributed by atoms with Crippen LogP contribution in [0.1, 0.15) is 154 Å². The molecule has 708 valence electrons.